The van der Waals surface area contributed by atoms with Crippen LogP contribution in [0.5, 0.6) is 5.75 Å². The Labute approximate surface area is 110 Å². The minimum Gasteiger partial charge on any atom is -0.496 e. The van der Waals surface area contributed by atoms with Crippen LogP contribution in [0, 0.1) is 6.92 Å². The van der Waals surface area contributed by atoms with Gasteiger partial charge in [0.2, 0.25) is 0 Å². The van der Waals surface area contributed by atoms with Crippen molar-refractivity contribution >= 4 is 0 Å². The Bertz CT molecular complexity index is 352. The number of rotatable bonds is 8. The zero-order valence-electron chi connectivity index (χ0n) is 12.0. The number of hydrogen-bond acceptors (Lipinski definition) is 3. The molecule has 1 aromatic carbocycles. The zero-order valence-corrected chi connectivity index (χ0v) is 12.0. The lowest BCUT2D eigenvalue weighted by molar-refractivity contribution is 0.144. The Morgan fingerprint density at radius 3 is 2.78 bits per heavy atom. The normalized spacial score (nSPS) is 12.4. The van der Waals surface area contributed by atoms with Gasteiger partial charge in [-0.3, -0.25) is 0 Å². The van der Waals surface area contributed by atoms with Gasteiger partial charge in [-0.1, -0.05) is 17.7 Å². The van der Waals surface area contributed by atoms with Crippen molar-refractivity contribution in [2.45, 2.75) is 33.2 Å². The molecule has 0 aliphatic heterocycles. The molecule has 18 heavy (non-hydrogen) atoms. The Morgan fingerprint density at radius 2 is 2.11 bits per heavy atom. The van der Waals surface area contributed by atoms with Crippen LogP contribution in [0.2, 0.25) is 0 Å². The third-order valence-corrected chi connectivity index (χ3v) is 2.97. The van der Waals surface area contributed by atoms with Gasteiger partial charge in [-0.25, -0.2) is 0 Å². The van der Waals surface area contributed by atoms with E-state index in [0.717, 1.165) is 31.9 Å². The molecule has 0 aliphatic carbocycles. The van der Waals surface area contributed by atoms with Crippen LogP contribution in [-0.4, -0.2) is 26.9 Å². The van der Waals surface area contributed by atoms with E-state index in [2.05, 4.69) is 31.3 Å². The van der Waals surface area contributed by atoms with E-state index in [0.29, 0.717) is 6.04 Å². The van der Waals surface area contributed by atoms with Crippen LogP contribution in [0.25, 0.3) is 0 Å². The minimum absolute atomic E-state index is 0.293. The second-order valence-corrected chi connectivity index (χ2v) is 4.47. The lowest BCUT2D eigenvalue weighted by Gasteiger charge is -2.18. The summed E-state index contributed by atoms with van der Waals surface area (Å²) in [7, 11) is 1.72. The predicted molar refractivity (Wildman–Crippen MR) is 75.3 cm³/mol. The third-order valence-electron chi connectivity index (χ3n) is 2.97. The maximum atomic E-state index is 5.40. The first-order chi connectivity index (χ1) is 8.69. The van der Waals surface area contributed by atoms with Gasteiger partial charge >= 0.3 is 0 Å². The third kappa shape index (κ3) is 4.67. The molecule has 0 amide bonds. The monoisotopic (exact) mass is 251 g/mol. The Balaban J connectivity index is 2.49. The summed E-state index contributed by atoms with van der Waals surface area (Å²) in [5.74, 6) is 0.949. The highest BCUT2D eigenvalue weighted by Gasteiger charge is 2.10. The lowest BCUT2D eigenvalue weighted by atomic mass is 10.0. The van der Waals surface area contributed by atoms with Gasteiger partial charge in [-0.05, 0) is 39.8 Å². The average Bonchev–Trinajstić information content (AvgIpc) is 2.38. The largest absolute Gasteiger partial charge is 0.496 e. The molecular weight excluding hydrogens is 226 g/mol. The van der Waals surface area contributed by atoms with E-state index in [1.165, 1.54) is 11.1 Å². The molecule has 0 fully saturated rings. The molecule has 0 heterocycles. The van der Waals surface area contributed by atoms with Gasteiger partial charge in [0.15, 0.2) is 0 Å². The highest BCUT2D eigenvalue weighted by atomic mass is 16.5. The summed E-state index contributed by atoms with van der Waals surface area (Å²) in [4.78, 5) is 0. The van der Waals surface area contributed by atoms with E-state index in [9.17, 15) is 0 Å². The molecule has 1 atom stereocenters. The number of benzene rings is 1. The second-order valence-electron chi connectivity index (χ2n) is 4.47. The molecule has 0 aliphatic rings. The van der Waals surface area contributed by atoms with Gasteiger partial charge in [0.25, 0.3) is 0 Å². The first kappa shape index (κ1) is 15.0. The highest BCUT2D eigenvalue weighted by Crippen LogP contribution is 2.25. The van der Waals surface area contributed by atoms with Crippen molar-refractivity contribution in [1.29, 1.82) is 0 Å². The van der Waals surface area contributed by atoms with Crippen molar-refractivity contribution in [2.24, 2.45) is 0 Å². The fraction of sp³-hybridized carbons (Fsp3) is 0.600. The van der Waals surface area contributed by atoms with E-state index in [4.69, 9.17) is 9.47 Å². The number of ether oxygens (including phenoxy) is 2. The molecule has 0 saturated heterocycles. The number of nitrogens with one attached hydrogen (secondary N) is 1. The van der Waals surface area contributed by atoms with Crippen molar-refractivity contribution in [3.05, 3.63) is 29.3 Å². The van der Waals surface area contributed by atoms with Gasteiger partial charge in [-0.15, -0.1) is 0 Å². The van der Waals surface area contributed by atoms with E-state index in [-0.39, 0.29) is 0 Å². The van der Waals surface area contributed by atoms with Crippen LogP contribution in [0.15, 0.2) is 18.2 Å². The van der Waals surface area contributed by atoms with E-state index >= 15 is 0 Å². The van der Waals surface area contributed by atoms with Crippen molar-refractivity contribution in [1.82, 2.24) is 5.32 Å². The molecular formula is C15H25NO2. The summed E-state index contributed by atoms with van der Waals surface area (Å²) < 4.78 is 10.7. The van der Waals surface area contributed by atoms with E-state index < -0.39 is 0 Å². The molecule has 1 unspecified atom stereocenters. The molecule has 0 spiro atoms. The van der Waals surface area contributed by atoms with Gasteiger partial charge in [0.1, 0.15) is 5.75 Å². The molecule has 0 saturated carbocycles. The fourth-order valence-corrected chi connectivity index (χ4v) is 1.94. The minimum atomic E-state index is 0.293. The van der Waals surface area contributed by atoms with Gasteiger partial charge in [-0.2, -0.15) is 0 Å². The standard InChI is InChI=1S/C15H25NO2/c1-5-18-10-6-9-16-13(3)14-11-12(2)7-8-15(14)17-4/h7-8,11,13,16H,5-6,9-10H2,1-4H3. The van der Waals surface area contributed by atoms with E-state index in [1.54, 1.807) is 7.11 Å². The topological polar surface area (TPSA) is 30.5 Å². The van der Waals surface area contributed by atoms with Gasteiger partial charge in [0.05, 0.1) is 7.11 Å². The summed E-state index contributed by atoms with van der Waals surface area (Å²) in [5.41, 5.74) is 2.47. The van der Waals surface area contributed by atoms with Gasteiger partial charge < -0.3 is 14.8 Å². The van der Waals surface area contributed by atoms with Crippen LogP contribution >= 0.6 is 0 Å². The maximum absolute atomic E-state index is 5.40. The first-order valence-corrected chi connectivity index (χ1v) is 6.64. The summed E-state index contributed by atoms with van der Waals surface area (Å²) in [6, 6.07) is 6.58. The zero-order chi connectivity index (χ0) is 13.4. The fourth-order valence-electron chi connectivity index (χ4n) is 1.94. The number of aryl methyl sites for hydroxylation is 1. The Morgan fingerprint density at radius 1 is 1.33 bits per heavy atom. The average molecular weight is 251 g/mol. The van der Waals surface area contributed by atoms with Crippen molar-refractivity contribution in [3.63, 3.8) is 0 Å². The highest BCUT2D eigenvalue weighted by molar-refractivity contribution is 5.38. The Hall–Kier alpha value is -1.06. The number of hydrogen-bond donors (Lipinski definition) is 1. The lowest BCUT2D eigenvalue weighted by Crippen LogP contribution is -2.21. The van der Waals surface area contributed by atoms with Crippen LogP contribution in [0.4, 0.5) is 0 Å². The van der Waals surface area contributed by atoms with Crippen LogP contribution in [-0.2, 0) is 4.74 Å². The molecule has 3 nitrogen and oxygen atoms in total. The molecule has 102 valence electrons. The van der Waals surface area contributed by atoms with E-state index in [1.807, 2.05) is 13.0 Å². The molecule has 0 radical (unpaired) electrons. The summed E-state index contributed by atoms with van der Waals surface area (Å²) in [5, 5.41) is 3.50. The SMILES string of the molecule is CCOCCCNC(C)c1cc(C)ccc1OC. The molecule has 1 rings (SSSR count). The first-order valence-electron chi connectivity index (χ1n) is 6.64. The molecule has 1 N–H and O–H groups in total. The van der Waals surface area contributed by atoms with Crippen molar-refractivity contribution < 1.29 is 9.47 Å². The molecule has 1 aromatic rings. The number of methoxy groups -OCH3 is 1. The summed E-state index contributed by atoms with van der Waals surface area (Å²) >= 11 is 0. The van der Waals surface area contributed by atoms with Crippen LogP contribution < -0.4 is 10.1 Å². The van der Waals surface area contributed by atoms with Crippen molar-refractivity contribution in [2.75, 3.05) is 26.9 Å². The summed E-state index contributed by atoms with van der Waals surface area (Å²) in [6.45, 7) is 8.86. The van der Waals surface area contributed by atoms with Gasteiger partial charge in [0, 0.05) is 24.8 Å². The summed E-state index contributed by atoms with van der Waals surface area (Å²) in [6.07, 6.45) is 1.03. The molecule has 3 heteroatoms. The Kier molecular flexibility index (Phi) is 6.76. The molecule has 0 aromatic heterocycles. The quantitative estimate of drug-likeness (QED) is 0.720. The van der Waals surface area contributed by atoms with Crippen LogP contribution in [0.1, 0.15) is 37.4 Å². The van der Waals surface area contributed by atoms with Crippen LogP contribution in [0.3, 0.4) is 0 Å². The smallest absolute Gasteiger partial charge is 0.123 e. The predicted octanol–water partition coefficient (Wildman–Crippen LogP) is 3.08. The maximum Gasteiger partial charge on any atom is 0.123 e. The van der Waals surface area contributed by atoms with Crippen molar-refractivity contribution in [3.8, 4) is 5.75 Å². The second kappa shape index (κ2) is 8.11. The molecule has 0 bridgehead atoms.